The number of carbonyl (C=O) groups excluding carboxylic acids is 1. The summed E-state index contributed by atoms with van der Waals surface area (Å²) in [7, 11) is 0. The number of nitrogens with zero attached hydrogens (tertiary/aromatic N) is 2. The third-order valence-electron chi connectivity index (χ3n) is 2.74. The number of ether oxygens (including phenoxy) is 1. The van der Waals surface area contributed by atoms with Gasteiger partial charge >= 0.3 is 0 Å². The molecular formula is C13H20N4O4. The Morgan fingerprint density at radius 3 is 2.86 bits per heavy atom. The van der Waals surface area contributed by atoms with Crippen LogP contribution in [0.4, 0.5) is 11.5 Å². The van der Waals surface area contributed by atoms with Crippen molar-refractivity contribution >= 4 is 17.4 Å². The van der Waals surface area contributed by atoms with Crippen LogP contribution in [0.1, 0.15) is 36.5 Å². The van der Waals surface area contributed by atoms with Crippen molar-refractivity contribution in [1.82, 2.24) is 10.3 Å². The van der Waals surface area contributed by atoms with Gasteiger partial charge in [-0.15, -0.1) is 0 Å². The molecule has 8 nitrogen and oxygen atoms in total. The van der Waals surface area contributed by atoms with Gasteiger partial charge in [0.1, 0.15) is 17.6 Å². The van der Waals surface area contributed by atoms with Crippen molar-refractivity contribution in [2.75, 3.05) is 25.5 Å². The number of unbranched alkanes of at least 4 members (excludes halogenated alkanes) is 1. The van der Waals surface area contributed by atoms with E-state index < -0.39 is 10.8 Å². The molecule has 0 aliphatic heterocycles. The van der Waals surface area contributed by atoms with Crippen LogP contribution in [0.15, 0.2) is 12.3 Å². The summed E-state index contributed by atoms with van der Waals surface area (Å²) in [6.45, 7) is 3.71. The fourth-order valence-electron chi connectivity index (χ4n) is 1.61. The molecule has 1 aromatic rings. The molecule has 116 valence electrons. The number of hydrogen-bond donors (Lipinski definition) is 2. The minimum atomic E-state index is -0.658. The molecule has 0 spiro atoms. The van der Waals surface area contributed by atoms with Gasteiger partial charge in [-0.25, -0.2) is 4.98 Å². The Morgan fingerprint density at radius 1 is 1.48 bits per heavy atom. The van der Waals surface area contributed by atoms with Crippen LogP contribution < -0.4 is 11.1 Å². The number of aromatic nitrogens is 1. The number of anilines is 1. The fourth-order valence-corrected chi connectivity index (χ4v) is 1.61. The molecule has 0 bridgehead atoms. The number of nitro groups is 1. The summed E-state index contributed by atoms with van der Waals surface area (Å²) in [6.07, 6.45) is 3.71. The van der Waals surface area contributed by atoms with Gasteiger partial charge in [0, 0.05) is 19.8 Å². The minimum absolute atomic E-state index is 0.0636. The van der Waals surface area contributed by atoms with E-state index in [-0.39, 0.29) is 17.1 Å². The van der Waals surface area contributed by atoms with E-state index in [1.165, 1.54) is 6.07 Å². The van der Waals surface area contributed by atoms with Gasteiger partial charge in [0.25, 0.3) is 11.6 Å². The number of amides is 1. The Labute approximate surface area is 122 Å². The molecule has 8 heteroatoms. The van der Waals surface area contributed by atoms with Crippen molar-refractivity contribution in [3.05, 3.63) is 27.9 Å². The average Bonchev–Trinajstić information content (AvgIpc) is 2.45. The number of rotatable bonds is 9. The Balaban J connectivity index is 2.45. The lowest BCUT2D eigenvalue weighted by atomic mass is 10.2. The summed E-state index contributed by atoms with van der Waals surface area (Å²) in [4.78, 5) is 25.7. The number of pyridine rings is 1. The summed E-state index contributed by atoms with van der Waals surface area (Å²) >= 11 is 0. The Hall–Kier alpha value is -2.22. The molecule has 0 aliphatic rings. The highest BCUT2D eigenvalue weighted by Crippen LogP contribution is 2.18. The van der Waals surface area contributed by atoms with E-state index in [9.17, 15) is 14.9 Å². The van der Waals surface area contributed by atoms with Gasteiger partial charge in [-0.1, -0.05) is 13.3 Å². The Morgan fingerprint density at radius 2 is 2.19 bits per heavy atom. The van der Waals surface area contributed by atoms with Gasteiger partial charge in [-0.3, -0.25) is 14.9 Å². The van der Waals surface area contributed by atoms with Crippen molar-refractivity contribution in [3.8, 4) is 0 Å². The summed E-state index contributed by atoms with van der Waals surface area (Å²) in [5.41, 5.74) is 5.01. The van der Waals surface area contributed by atoms with Gasteiger partial charge in [-0.05, 0) is 18.9 Å². The van der Waals surface area contributed by atoms with Gasteiger partial charge in [0.2, 0.25) is 0 Å². The van der Waals surface area contributed by atoms with E-state index in [1.807, 2.05) is 0 Å². The molecule has 0 atom stereocenters. The molecule has 1 rings (SSSR count). The largest absolute Gasteiger partial charge is 0.384 e. The predicted octanol–water partition coefficient (Wildman–Crippen LogP) is 1.51. The van der Waals surface area contributed by atoms with E-state index in [0.717, 1.165) is 19.0 Å². The second kappa shape index (κ2) is 8.85. The highest BCUT2D eigenvalue weighted by molar-refractivity contribution is 5.98. The van der Waals surface area contributed by atoms with Crippen LogP contribution in [0.5, 0.6) is 0 Å². The molecule has 0 saturated heterocycles. The van der Waals surface area contributed by atoms with E-state index in [1.54, 1.807) is 0 Å². The molecule has 1 heterocycles. The van der Waals surface area contributed by atoms with E-state index in [2.05, 4.69) is 17.2 Å². The normalized spacial score (nSPS) is 10.3. The van der Waals surface area contributed by atoms with Crippen LogP contribution in [-0.4, -0.2) is 35.6 Å². The number of hydrogen-bond acceptors (Lipinski definition) is 6. The lowest BCUT2D eigenvalue weighted by molar-refractivity contribution is -0.385. The lowest BCUT2D eigenvalue weighted by Crippen LogP contribution is -2.26. The first-order valence-electron chi connectivity index (χ1n) is 6.82. The van der Waals surface area contributed by atoms with Crippen molar-refractivity contribution in [1.29, 1.82) is 0 Å². The number of nitrogens with two attached hydrogens (primary N) is 1. The SMILES string of the molecule is CCCCOCCCNC(=O)c1cc(N)ncc1[N+](=O)[O-]. The lowest BCUT2D eigenvalue weighted by Gasteiger charge is -2.07. The fraction of sp³-hybridized carbons (Fsp3) is 0.538. The van der Waals surface area contributed by atoms with Crippen molar-refractivity contribution in [3.63, 3.8) is 0 Å². The summed E-state index contributed by atoms with van der Waals surface area (Å²) in [5, 5.41) is 13.4. The Bertz CT molecular complexity index is 493. The molecule has 0 unspecified atom stereocenters. The van der Waals surface area contributed by atoms with E-state index in [4.69, 9.17) is 10.5 Å². The standard InChI is InChI=1S/C13H20N4O4/c1-2-3-6-21-7-4-5-15-13(18)10-8-12(14)16-9-11(10)17(19)20/h8-9H,2-7H2,1H3,(H2,14,16)(H,15,18). The molecule has 0 aliphatic carbocycles. The van der Waals surface area contributed by atoms with Crippen LogP contribution in [0.3, 0.4) is 0 Å². The highest BCUT2D eigenvalue weighted by Gasteiger charge is 2.20. The predicted molar refractivity (Wildman–Crippen MR) is 78.0 cm³/mol. The van der Waals surface area contributed by atoms with Crippen LogP contribution in [0.25, 0.3) is 0 Å². The topological polar surface area (TPSA) is 120 Å². The third-order valence-corrected chi connectivity index (χ3v) is 2.74. The van der Waals surface area contributed by atoms with Gasteiger partial charge in [0.05, 0.1) is 4.92 Å². The van der Waals surface area contributed by atoms with Crippen LogP contribution in [0, 0.1) is 10.1 Å². The number of nitrogen functional groups attached to an aromatic ring is 1. The molecule has 3 N–H and O–H groups in total. The summed E-state index contributed by atoms with van der Waals surface area (Å²) in [6, 6.07) is 1.20. The second-order valence-electron chi connectivity index (χ2n) is 4.46. The minimum Gasteiger partial charge on any atom is -0.384 e. The average molecular weight is 296 g/mol. The second-order valence-corrected chi connectivity index (χ2v) is 4.46. The summed E-state index contributed by atoms with van der Waals surface area (Å²) < 4.78 is 5.35. The highest BCUT2D eigenvalue weighted by atomic mass is 16.6. The van der Waals surface area contributed by atoms with Crippen molar-refractivity contribution in [2.45, 2.75) is 26.2 Å². The first-order chi connectivity index (χ1) is 10.1. The first-order valence-corrected chi connectivity index (χ1v) is 6.82. The van der Waals surface area contributed by atoms with Gasteiger partial charge in [0.15, 0.2) is 0 Å². The molecule has 0 radical (unpaired) electrons. The van der Waals surface area contributed by atoms with Crippen molar-refractivity contribution in [2.24, 2.45) is 0 Å². The molecule has 21 heavy (non-hydrogen) atoms. The first kappa shape index (κ1) is 16.8. The van der Waals surface area contributed by atoms with Crippen LogP contribution in [0.2, 0.25) is 0 Å². The molecular weight excluding hydrogens is 276 g/mol. The van der Waals surface area contributed by atoms with Crippen LogP contribution in [-0.2, 0) is 4.74 Å². The maximum Gasteiger partial charge on any atom is 0.300 e. The zero-order valence-corrected chi connectivity index (χ0v) is 12.0. The van der Waals surface area contributed by atoms with E-state index in [0.29, 0.717) is 26.2 Å². The quantitative estimate of drug-likeness (QED) is 0.405. The van der Waals surface area contributed by atoms with E-state index >= 15 is 0 Å². The number of carbonyl (C=O) groups is 1. The summed E-state index contributed by atoms with van der Waals surface area (Å²) in [5.74, 6) is -0.474. The number of nitrogens with one attached hydrogen (secondary N) is 1. The zero-order chi connectivity index (χ0) is 15.7. The Kier molecular flexibility index (Phi) is 7.10. The van der Waals surface area contributed by atoms with Crippen molar-refractivity contribution < 1.29 is 14.5 Å². The van der Waals surface area contributed by atoms with Crippen LogP contribution >= 0.6 is 0 Å². The maximum atomic E-state index is 11.9. The molecule has 0 aromatic carbocycles. The van der Waals surface area contributed by atoms with Gasteiger partial charge < -0.3 is 15.8 Å². The molecule has 0 saturated carbocycles. The maximum absolute atomic E-state index is 11.9. The zero-order valence-electron chi connectivity index (χ0n) is 12.0. The van der Waals surface area contributed by atoms with Gasteiger partial charge in [-0.2, -0.15) is 0 Å². The molecule has 1 aromatic heterocycles. The molecule has 1 amide bonds. The smallest absolute Gasteiger partial charge is 0.300 e. The monoisotopic (exact) mass is 296 g/mol. The molecule has 0 fully saturated rings. The third kappa shape index (κ3) is 5.74.